The van der Waals surface area contributed by atoms with Gasteiger partial charge in [-0.2, -0.15) is 5.26 Å². The van der Waals surface area contributed by atoms with E-state index in [1.807, 2.05) is 6.07 Å². The molecule has 2 aromatic rings. The standard InChI is InChI=1S/C17H12N2O5S/c1-25(21,22)19-12-6-4-11(5-7-12)16-14(10-18)17(20)24-15(16)9-13-3-2-8-23-13/h2-9,19H,1H3/b15-9-. The molecule has 1 aromatic heterocycles. The molecule has 126 valence electrons. The number of rotatable bonds is 4. The van der Waals surface area contributed by atoms with Crippen molar-refractivity contribution in [3.8, 4) is 6.07 Å². The van der Waals surface area contributed by atoms with Crippen molar-refractivity contribution in [1.29, 1.82) is 5.26 Å². The van der Waals surface area contributed by atoms with E-state index in [-0.39, 0.29) is 11.3 Å². The molecule has 0 bridgehead atoms. The Balaban J connectivity index is 2.03. The van der Waals surface area contributed by atoms with Crippen LogP contribution in [0, 0.1) is 11.3 Å². The van der Waals surface area contributed by atoms with Gasteiger partial charge in [-0.1, -0.05) is 12.1 Å². The molecule has 0 unspecified atom stereocenters. The van der Waals surface area contributed by atoms with Crippen LogP contribution in [0.15, 0.2) is 58.4 Å². The maximum Gasteiger partial charge on any atom is 0.355 e. The lowest BCUT2D eigenvalue weighted by Crippen LogP contribution is -2.09. The number of allylic oxidation sites excluding steroid dienone is 1. The first-order chi connectivity index (χ1) is 11.9. The van der Waals surface area contributed by atoms with Gasteiger partial charge in [0.1, 0.15) is 23.2 Å². The van der Waals surface area contributed by atoms with Crippen LogP contribution in [0.25, 0.3) is 11.6 Å². The Kier molecular flexibility index (Phi) is 4.17. The van der Waals surface area contributed by atoms with Gasteiger partial charge in [-0.3, -0.25) is 4.72 Å². The smallest absolute Gasteiger partial charge is 0.355 e. The van der Waals surface area contributed by atoms with E-state index in [9.17, 15) is 18.5 Å². The minimum Gasteiger partial charge on any atom is -0.465 e. The van der Waals surface area contributed by atoms with Gasteiger partial charge in [0.15, 0.2) is 0 Å². The highest BCUT2D eigenvalue weighted by atomic mass is 32.2. The molecule has 0 radical (unpaired) electrons. The van der Waals surface area contributed by atoms with Gasteiger partial charge in [0, 0.05) is 17.3 Å². The summed E-state index contributed by atoms with van der Waals surface area (Å²) < 4.78 is 35.3. The number of cyclic esters (lactones) is 1. The average Bonchev–Trinajstić information content (AvgIpc) is 3.14. The van der Waals surface area contributed by atoms with E-state index in [0.29, 0.717) is 22.6 Å². The quantitative estimate of drug-likeness (QED) is 0.843. The molecule has 8 heteroatoms. The van der Waals surface area contributed by atoms with Gasteiger partial charge in [-0.25, -0.2) is 13.2 Å². The predicted octanol–water partition coefficient (Wildman–Crippen LogP) is 2.53. The van der Waals surface area contributed by atoms with Crippen molar-refractivity contribution in [3.05, 3.63) is 65.3 Å². The fraction of sp³-hybridized carbons (Fsp3) is 0.0588. The zero-order chi connectivity index (χ0) is 18.0. The molecule has 2 heterocycles. The third-order valence-electron chi connectivity index (χ3n) is 3.31. The molecule has 25 heavy (non-hydrogen) atoms. The molecule has 0 saturated carbocycles. The summed E-state index contributed by atoms with van der Waals surface area (Å²) in [5.41, 5.74) is 1.11. The van der Waals surface area contributed by atoms with E-state index < -0.39 is 16.0 Å². The maximum atomic E-state index is 11.9. The van der Waals surface area contributed by atoms with E-state index in [2.05, 4.69) is 4.72 Å². The lowest BCUT2D eigenvalue weighted by molar-refractivity contribution is -0.132. The van der Waals surface area contributed by atoms with Crippen molar-refractivity contribution in [3.63, 3.8) is 0 Å². The van der Waals surface area contributed by atoms with Crippen LogP contribution in [0.4, 0.5) is 5.69 Å². The summed E-state index contributed by atoms with van der Waals surface area (Å²) in [5, 5.41) is 9.27. The van der Waals surface area contributed by atoms with Gasteiger partial charge in [-0.15, -0.1) is 0 Å². The first kappa shape index (κ1) is 16.5. The monoisotopic (exact) mass is 356 g/mol. The number of carbonyl (C=O) groups is 1. The number of hydrogen-bond acceptors (Lipinski definition) is 6. The minimum atomic E-state index is -3.40. The van der Waals surface area contributed by atoms with Crippen molar-refractivity contribution < 1.29 is 22.4 Å². The van der Waals surface area contributed by atoms with Crippen LogP contribution in [0.1, 0.15) is 11.3 Å². The second kappa shape index (κ2) is 6.30. The first-order valence-corrected chi connectivity index (χ1v) is 8.97. The normalized spacial score (nSPS) is 16.0. The highest BCUT2D eigenvalue weighted by Gasteiger charge is 2.31. The topological polar surface area (TPSA) is 109 Å². The number of anilines is 1. The van der Waals surface area contributed by atoms with Gasteiger partial charge in [0.05, 0.1) is 12.5 Å². The number of ether oxygens (including phenoxy) is 1. The summed E-state index contributed by atoms with van der Waals surface area (Å²) in [7, 11) is -3.40. The summed E-state index contributed by atoms with van der Waals surface area (Å²) in [6.07, 6.45) is 4.04. The Bertz CT molecular complexity index is 1020. The fourth-order valence-electron chi connectivity index (χ4n) is 2.34. The van der Waals surface area contributed by atoms with Gasteiger partial charge >= 0.3 is 5.97 Å². The van der Waals surface area contributed by atoms with Crippen LogP contribution < -0.4 is 4.72 Å². The SMILES string of the molecule is CS(=O)(=O)Nc1ccc(C2=C(C#N)C(=O)O/C2=C\c2ccco2)cc1. The summed E-state index contributed by atoms with van der Waals surface area (Å²) in [5.74, 6) is -0.0798. The molecule has 1 N–H and O–H groups in total. The van der Waals surface area contributed by atoms with Crippen LogP contribution in [0.3, 0.4) is 0 Å². The highest BCUT2D eigenvalue weighted by Crippen LogP contribution is 2.36. The lowest BCUT2D eigenvalue weighted by atomic mass is 9.99. The summed E-state index contributed by atoms with van der Waals surface area (Å²) in [6.45, 7) is 0. The number of benzene rings is 1. The second-order valence-corrected chi connectivity index (χ2v) is 6.98. The number of furan rings is 1. The van der Waals surface area contributed by atoms with E-state index in [0.717, 1.165) is 6.26 Å². The number of hydrogen-bond donors (Lipinski definition) is 1. The van der Waals surface area contributed by atoms with Crippen molar-refractivity contribution in [1.82, 2.24) is 0 Å². The number of nitriles is 1. The molecule has 1 aliphatic rings. The number of carbonyl (C=O) groups excluding carboxylic acids is 1. The number of sulfonamides is 1. The molecular weight excluding hydrogens is 344 g/mol. The van der Waals surface area contributed by atoms with Crippen LogP contribution in [-0.2, 0) is 19.6 Å². The second-order valence-electron chi connectivity index (χ2n) is 5.23. The van der Waals surface area contributed by atoms with Gasteiger partial charge < -0.3 is 9.15 Å². The van der Waals surface area contributed by atoms with E-state index in [4.69, 9.17) is 9.15 Å². The zero-order valence-corrected chi connectivity index (χ0v) is 13.8. The third-order valence-corrected chi connectivity index (χ3v) is 3.91. The molecule has 3 rings (SSSR count). The van der Waals surface area contributed by atoms with Crippen LogP contribution >= 0.6 is 0 Å². The molecule has 7 nitrogen and oxygen atoms in total. The average molecular weight is 356 g/mol. The predicted molar refractivity (Wildman–Crippen MR) is 90.2 cm³/mol. The summed E-state index contributed by atoms with van der Waals surface area (Å²) in [4.78, 5) is 11.9. The van der Waals surface area contributed by atoms with E-state index >= 15 is 0 Å². The lowest BCUT2D eigenvalue weighted by Gasteiger charge is -2.07. The molecule has 0 aliphatic carbocycles. The van der Waals surface area contributed by atoms with Crippen LogP contribution in [0.2, 0.25) is 0 Å². The summed E-state index contributed by atoms with van der Waals surface area (Å²) in [6, 6.07) is 11.5. The molecule has 0 amide bonds. The largest absolute Gasteiger partial charge is 0.465 e. The third kappa shape index (κ3) is 3.62. The van der Waals surface area contributed by atoms with Crippen LogP contribution in [-0.4, -0.2) is 20.6 Å². The Morgan fingerprint density at radius 1 is 1.20 bits per heavy atom. The number of nitrogens with one attached hydrogen (secondary N) is 1. The van der Waals surface area contributed by atoms with Crippen molar-refractivity contribution in [2.24, 2.45) is 0 Å². The van der Waals surface area contributed by atoms with Gasteiger partial charge in [0.25, 0.3) is 0 Å². The van der Waals surface area contributed by atoms with Crippen LogP contribution in [0.5, 0.6) is 0 Å². The molecule has 0 fully saturated rings. The number of nitrogens with zero attached hydrogens (tertiary/aromatic N) is 1. The fourth-order valence-corrected chi connectivity index (χ4v) is 2.90. The molecule has 1 aromatic carbocycles. The maximum absolute atomic E-state index is 11.9. The molecular formula is C17H12N2O5S. The highest BCUT2D eigenvalue weighted by molar-refractivity contribution is 7.92. The Morgan fingerprint density at radius 3 is 2.48 bits per heavy atom. The Labute approximate surface area is 143 Å². The number of esters is 1. The van der Waals surface area contributed by atoms with Gasteiger partial charge in [0.2, 0.25) is 10.0 Å². The summed E-state index contributed by atoms with van der Waals surface area (Å²) >= 11 is 0. The zero-order valence-electron chi connectivity index (χ0n) is 13.0. The molecule has 0 saturated heterocycles. The molecule has 1 aliphatic heterocycles. The molecule has 0 atom stereocenters. The van der Waals surface area contributed by atoms with E-state index in [1.165, 1.54) is 24.5 Å². The Hall–Kier alpha value is -3.31. The van der Waals surface area contributed by atoms with Crippen molar-refractivity contribution in [2.75, 3.05) is 11.0 Å². The van der Waals surface area contributed by atoms with Crippen molar-refractivity contribution >= 4 is 33.3 Å². The molecule has 0 spiro atoms. The Morgan fingerprint density at radius 2 is 1.92 bits per heavy atom. The van der Waals surface area contributed by atoms with Crippen molar-refractivity contribution in [2.45, 2.75) is 0 Å². The van der Waals surface area contributed by atoms with E-state index in [1.54, 1.807) is 24.3 Å². The van der Waals surface area contributed by atoms with Gasteiger partial charge in [-0.05, 0) is 29.8 Å². The minimum absolute atomic E-state index is 0.123. The first-order valence-electron chi connectivity index (χ1n) is 7.08.